The molecular weight excluding hydrogens is 265 g/mol. The van der Waals surface area contributed by atoms with Gasteiger partial charge < -0.3 is 0 Å². The Morgan fingerprint density at radius 1 is 1.21 bits per heavy atom. The molecule has 0 radical (unpaired) electrons. The molecule has 0 spiro atoms. The fourth-order valence-corrected chi connectivity index (χ4v) is 2.20. The van der Waals surface area contributed by atoms with E-state index in [-0.39, 0.29) is 22.7 Å². The van der Waals surface area contributed by atoms with Gasteiger partial charge in [0.25, 0.3) is 0 Å². The van der Waals surface area contributed by atoms with E-state index in [0.717, 1.165) is 18.4 Å². The number of carbonyl (C=O) groups is 1. The van der Waals surface area contributed by atoms with Crippen LogP contribution in [0.2, 0.25) is 5.15 Å². The Balaban J connectivity index is 2.01. The summed E-state index contributed by atoms with van der Waals surface area (Å²) in [6.07, 6.45) is 1.90. The Bertz CT molecular complexity index is 635. The van der Waals surface area contributed by atoms with Crippen molar-refractivity contribution in [2.24, 2.45) is 5.92 Å². The number of halogens is 2. The third kappa shape index (κ3) is 2.66. The van der Waals surface area contributed by atoms with Crippen LogP contribution < -0.4 is 0 Å². The number of Topliss-reactive ketones (excluding diaryl/α,β-unsaturated/α-hetero) is 1. The molecule has 0 aliphatic heterocycles. The summed E-state index contributed by atoms with van der Waals surface area (Å²) in [5.41, 5.74) is 1.92. The molecule has 0 N–H and O–H groups in total. The molecule has 1 aliphatic carbocycles. The minimum atomic E-state index is -0.306. The van der Waals surface area contributed by atoms with Crippen molar-refractivity contribution >= 4 is 17.4 Å². The lowest BCUT2D eigenvalue weighted by molar-refractivity contribution is 0.0967. The van der Waals surface area contributed by atoms with E-state index in [1.165, 1.54) is 12.1 Å². The second kappa shape index (κ2) is 4.74. The van der Waals surface area contributed by atoms with E-state index in [0.29, 0.717) is 11.3 Å². The largest absolute Gasteiger partial charge is 0.294 e. The summed E-state index contributed by atoms with van der Waals surface area (Å²) >= 11 is 5.96. The Morgan fingerprint density at radius 2 is 1.89 bits per heavy atom. The molecule has 1 aromatic heterocycles. The van der Waals surface area contributed by atoms with Gasteiger partial charge >= 0.3 is 0 Å². The minimum absolute atomic E-state index is 0.118. The molecule has 1 saturated carbocycles. The fourth-order valence-electron chi connectivity index (χ4n) is 1.99. The zero-order valence-electron chi connectivity index (χ0n) is 10.1. The van der Waals surface area contributed by atoms with Crippen molar-refractivity contribution in [3.8, 4) is 11.3 Å². The standard InChI is InChI=1S/C15H11ClFNO/c16-14-8-11(15(19)10-1-2-10)7-13(18-14)9-3-5-12(17)6-4-9/h3-8,10H,1-2H2. The number of benzene rings is 1. The highest BCUT2D eigenvalue weighted by Crippen LogP contribution is 2.34. The average Bonchev–Trinajstić information content (AvgIpc) is 3.22. The highest BCUT2D eigenvalue weighted by atomic mass is 35.5. The predicted octanol–water partition coefficient (Wildman–Crippen LogP) is 4.13. The van der Waals surface area contributed by atoms with E-state index in [4.69, 9.17) is 11.6 Å². The Morgan fingerprint density at radius 3 is 2.53 bits per heavy atom. The van der Waals surface area contributed by atoms with E-state index in [1.54, 1.807) is 24.3 Å². The number of rotatable bonds is 3. The second-order valence-electron chi connectivity index (χ2n) is 4.71. The third-order valence-electron chi connectivity index (χ3n) is 3.17. The van der Waals surface area contributed by atoms with Gasteiger partial charge in [-0.1, -0.05) is 11.6 Å². The first-order valence-electron chi connectivity index (χ1n) is 6.11. The van der Waals surface area contributed by atoms with Crippen molar-refractivity contribution in [2.45, 2.75) is 12.8 Å². The molecule has 0 atom stereocenters. The number of hydrogen-bond donors (Lipinski definition) is 0. The van der Waals surface area contributed by atoms with E-state index < -0.39 is 0 Å². The molecule has 1 fully saturated rings. The van der Waals surface area contributed by atoms with Crippen LogP contribution in [-0.2, 0) is 0 Å². The Hall–Kier alpha value is -1.74. The van der Waals surface area contributed by atoms with E-state index in [9.17, 15) is 9.18 Å². The first-order chi connectivity index (χ1) is 9.13. The van der Waals surface area contributed by atoms with Gasteiger partial charge in [0.05, 0.1) is 5.69 Å². The van der Waals surface area contributed by atoms with Crippen molar-refractivity contribution in [3.63, 3.8) is 0 Å². The molecule has 1 heterocycles. The van der Waals surface area contributed by atoms with Crippen LogP contribution in [0.4, 0.5) is 4.39 Å². The number of carbonyl (C=O) groups excluding carboxylic acids is 1. The number of aromatic nitrogens is 1. The Labute approximate surface area is 115 Å². The molecule has 96 valence electrons. The molecule has 0 unspecified atom stereocenters. The van der Waals surface area contributed by atoms with Gasteiger partial charge in [-0.2, -0.15) is 0 Å². The molecule has 0 bridgehead atoms. The summed E-state index contributed by atoms with van der Waals surface area (Å²) in [5.74, 6) is -0.0488. The first-order valence-corrected chi connectivity index (χ1v) is 6.49. The van der Waals surface area contributed by atoms with Crippen molar-refractivity contribution in [1.82, 2.24) is 4.98 Å². The van der Waals surface area contributed by atoms with Gasteiger partial charge in [0.1, 0.15) is 11.0 Å². The third-order valence-corrected chi connectivity index (χ3v) is 3.36. The fraction of sp³-hybridized carbons (Fsp3) is 0.200. The van der Waals surface area contributed by atoms with Gasteiger partial charge in [0, 0.05) is 17.0 Å². The average molecular weight is 276 g/mol. The van der Waals surface area contributed by atoms with Crippen LogP contribution in [0.25, 0.3) is 11.3 Å². The molecular formula is C15H11ClFNO. The SMILES string of the molecule is O=C(c1cc(Cl)nc(-c2ccc(F)cc2)c1)C1CC1. The lowest BCUT2D eigenvalue weighted by Crippen LogP contribution is -2.02. The first kappa shape index (κ1) is 12.3. The molecule has 0 amide bonds. The van der Waals surface area contributed by atoms with Gasteiger partial charge in [-0.05, 0) is 49.2 Å². The maximum Gasteiger partial charge on any atom is 0.166 e. The van der Waals surface area contributed by atoms with Crippen molar-refractivity contribution in [2.75, 3.05) is 0 Å². The van der Waals surface area contributed by atoms with Crippen molar-refractivity contribution in [3.05, 3.63) is 52.9 Å². The summed E-state index contributed by atoms with van der Waals surface area (Å²) in [4.78, 5) is 16.2. The zero-order chi connectivity index (χ0) is 13.4. The maximum atomic E-state index is 12.9. The lowest BCUT2D eigenvalue weighted by Gasteiger charge is -2.05. The molecule has 1 aliphatic rings. The number of ketones is 1. The quantitative estimate of drug-likeness (QED) is 0.623. The summed E-state index contributed by atoms with van der Waals surface area (Å²) in [6, 6.07) is 9.29. The van der Waals surface area contributed by atoms with Gasteiger partial charge in [-0.15, -0.1) is 0 Å². The van der Waals surface area contributed by atoms with Crippen LogP contribution in [0.15, 0.2) is 36.4 Å². The van der Waals surface area contributed by atoms with Crippen LogP contribution in [0.5, 0.6) is 0 Å². The van der Waals surface area contributed by atoms with Gasteiger partial charge in [-0.25, -0.2) is 9.37 Å². The highest BCUT2D eigenvalue weighted by molar-refractivity contribution is 6.30. The van der Waals surface area contributed by atoms with Crippen molar-refractivity contribution in [1.29, 1.82) is 0 Å². The van der Waals surface area contributed by atoms with Crippen molar-refractivity contribution < 1.29 is 9.18 Å². The summed E-state index contributed by atoms with van der Waals surface area (Å²) in [6.45, 7) is 0. The molecule has 2 nitrogen and oxygen atoms in total. The Kier molecular flexibility index (Phi) is 3.07. The van der Waals surface area contributed by atoms with Crippen LogP contribution in [0.3, 0.4) is 0 Å². The highest BCUT2D eigenvalue weighted by Gasteiger charge is 2.30. The van der Waals surface area contributed by atoms with Crippen LogP contribution >= 0.6 is 11.6 Å². The van der Waals surface area contributed by atoms with Crippen LogP contribution in [0, 0.1) is 11.7 Å². The van der Waals surface area contributed by atoms with Gasteiger partial charge in [-0.3, -0.25) is 4.79 Å². The summed E-state index contributed by atoms with van der Waals surface area (Å²) in [7, 11) is 0. The molecule has 19 heavy (non-hydrogen) atoms. The van der Waals surface area contributed by atoms with Gasteiger partial charge in [0.2, 0.25) is 0 Å². The van der Waals surface area contributed by atoms with E-state index in [1.807, 2.05) is 0 Å². The van der Waals surface area contributed by atoms with Gasteiger partial charge in [0.15, 0.2) is 5.78 Å². The van der Waals surface area contributed by atoms with Crippen LogP contribution in [0.1, 0.15) is 23.2 Å². The lowest BCUT2D eigenvalue weighted by atomic mass is 10.0. The minimum Gasteiger partial charge on any atom is -0.294 e. The van der Waals surface area contributed by atoms with E-state index >= 15 is 0 Å². The molecule has 3 rings (SSSR count). The number of pyridine rings is 1. The smallest absolute Gasteiger partial charge is 0.166 e. The normalized spacial score (nSPS) is 14.4. The maximum absolute atomic E-state index is 12.9. The summed E-state index contributed by atoms with van der Waals surface area (Å²) < 4.78 is 12.9. The molecule has 4 heteroatoms. The van der Waals surface area contributed by atoms with E-state index in [2.05, 4.69) is 4.98 Å². The monoisotopic (exact) mass is 275 g/mol. The predicted molar refractivity (Wildman–Crippen MR) is 71.7 cm³/mol. The molecule has 1 aromatic carbocycles. The van der Waals surface area contributed by atoms with Crippen LogP contribution in [-0.4, -0.2) is 10.8 Å². The summed E-state index contributed by atoms with van der Waals surface area (Å²) in [5, 5.41) is 0.283. The second-order valence-corrected chi connectivity index (χ2v) is 5.10. The zero-order valence-corrected chi connectivity index (χ0v) is 10.8. The topological polar surface area (TPSA) is 30.0 Å². The number of hydrogen-bond acceptors (Lipinski definition) is 2. The molecule has 2 aromatic rings. The number of nitrogens with zero attached hydrogens (tertiary/aromatic N) is 1. The molecule has 0 saturated heterocycles.